The van der Waals surface area contributed by atoms with Crippen LogP contribution in [0.1, 0.15) is 25.2 Å². The van der Waals surface area contributed by atoms with E-state index < -0.39 is 11.6 Å². The monoisotopic (exact) mass is 336 g/mol. The summed E-state index contributed by atoms with van der Waals surface area (Å²) in [5.41, 5.74) is 1.39. The summed E-state index contributed by atoms with van der Waals surface area (Å²) in [6.07, 6.45) is 0.194. The highest BCUT2D eigenvalue weighted by Crippen LogP contribution is 2.26. The minimum atomic E-state index is -0.568. The number of carbonyl (C=O) groups is 1. The zero-order valence-electron chi connectivity index (χ0n) is 14.8. The molecule has 2 aliphatic heterocycles. The number of hydrogen-bond acceptors (Lipinski definition) is 5. The van der Waals surface area contributed by atoms with Crippen molar-refractivity contribution in [3.63, 3.8) is 0 Å². The predicted molar refractivity (Wildman–Crippen MR) is 89.6 cm³/mol. The molecule has 0 aromatic carbocycles. The second-order valence-electron chi connectivity index (χ2n) is 7.44. The topological polar surface area (TPSA) is 81.7 Å². The molecule has 3 rings (SSSR count). The molecule has 24 heavy (non-hydrogen) atoms. The molecule has 134 valence electrons. The molecule has 3 heterocycles. The molecule has 2 aliphatic rings. The normalized spacial score (nSPS) is 26.1. The van der Waals surface area contributed by atoms with Crippen LogP contribution in [0.4, 0.5) is 0 Å². The fourth-order valence-corrected chi connectivity index (χ4v) is 3.71. The standard InChI is InChI=1S/C17H28N4O3/c1-12-8-14(19-18-12)9-13-10-20(11-15(13)22)16(23)17(2,3)21-4-6-24-7-5-21/h8,13,15,22H,4-7,9-11H2,1-3H3,(H,18,19)/t13-,15-/m1/s1. The van der Waals surface area contributed by atoms with Crippen molar-refractivity contribution in [2.75, 3.05) is 39.4 Å². The van der Waals surface area contributed by atoms with Crippen LogP contribution in [0.5, 0.6) is 0 Å². The quantitative estimate of drug-likeness (QED) is 0.820. The van der Waals surface area contributed by atoms with E-state index in [1.807, 2.05) is 31.7 Å². The first-order valence-corrected chi connectivity index (χ1v) is 8.69. The fraction of sp³-hybridized carbons (Fsp3) is 0.765. The molecule has 0 radical (unpaired) electrons. The number of rotatable bonds is 4. The van der Waals surface area contributed by atoms with E-state index in [0.717, 1.165) is 24.5 Å². The predicted octanol–water partition coefficient (Wildman–Crippen LogP) is 0.191. The van der Waals surface area contributed by atoms with Gasteiger partial charge in [0.1, 0.15) is 0 Å². The lowest BCUT2D eigenvalue weighted by Crippen LogP contribution is -2.58. The van der Waals surface area contributed by atoms with Crippen LogP contribution in [0.3, 0.4) is 0 Å². The molecule has 7 heteroatoms. The summed E-state index contributed by atoms with van der Waals surface area (Å²) in [6.45, 7) is 9.76. The molecule has 1 aromatic heterocycles. The number of β-amino-alcohol motifs (C(OH)–C–C–N with tert-alkyl or cyclic N) is 1. The van der Waals surface area contributed by atoms with E-state index in [-0.39, 0.29) is 11.8 Å². The molecular formula is C17H28N4O3. The maximum atomic E-state index is 13.0. The summed E-state index contributed by atoms with van der Waals surface area (Å²) in [5.74, 6) is 0.126. The number of aliphatic hydroxyl groups is 1. The van der Waals surface area contributed by atoms with Crippen LogP contribution in [-0.2, 0) is 16.0 Å². The first-order valence-electron chi connectivity index (χ1n) is 8.69. The third-order valence-corrected chi connectivity index (χ3v) is 5.25. The second kappa shape index (κ2) is 6.82. The van der Waals surface area contributed by atoms with E-state index in [2.05, 4.69) is 15.1 Å². The summed E-state index contributed by atoms with van der Waals surface area (Å²) in [7, 11) is 0. The van der Waals surface area contributed by atoms with Crippen molar-refractivity contribution in [3.05, 3.63) is 17.5 Å². The number of hydrogen-bond donors (Lipinski definition) is 2. The van der Waals surface area contributed by atoms with Crippen LogP contribution in [0.25, 0.3) is 0 Å². The number of aliphatic hydroxyl groups excluding tert-OH is 1. The Morgan fingerprint density at radius 2 is 2.12 bits per heavy atom. The largest absolute Gasteiger partial charge is 0.391 e. The summed E-state index contributed by atoms with van der Waals surface area (Å²) in [6, 6.07) is 1.99. The van der Waals surface area contributed by atoms with Gasteiger partial charge in [-0.3, -0.25) is 14.8 Å². The number of aryl methyl sites for hydroxylation is 1. The van der Waals surface area contributed by atoms with Crippen LogP contribution >= 0.6 is 0 Å². The number of likely N-dealkylation sites (tertiary alicyclic amines) is 1. The Kier molecular flexibility index (Phi) is 4.94. The van der Waals surface area contributed by atoms with Gasteiger partial charge in [-0.2, -0.15) is 5.10 Å². The molecule has 2 atom stereocenters. The van der Waals surface area contributed by atoms with Gasteiger partial charge in [-0.25, -0.2) is 0 Å². The summed E-state index contributed by atoms with van der Waals surface area (Å²) >= 11 is 0. The van der Waals surface area contributed by atoms with Crippen molar-refractivity contribution in [2.24, 2.45) is 5.92 Å². The van der Waals surface area contributed by atoms with Gasteiger partial charge in [0, 0.05) is 37.8 Å². The van der Waals surface area contributed by atoms with Gasteiger partial charge in [-0.05, 0) is 33.3 Å². The van der Waals surface area contributed by atoms with Crippen molar-refractivity contribution in [2.45, 2.75) is 38.8 Å². The molecule has 0 aliphatic carbocycles. The number of nitrogens with one attached hydrogen (secondary N) is 1. The van der Waals surface area contributed by atoms with E-state index in [9.17, 15) is 9.90 Å². The summed E-state index contributed by atoms with van der Waals surface area (Å²) in [4.78, 5) is 17.0. The minimum Gasteiger partial charge on any atom is -0.391 e. The van der Waals surface area contributed by atoms with Gasteiger partial charge >= 0.3 is 0 Å². The summed E-state index contributed by atoms with van der Waals surface area (Å²) in [5, 5.41) is 17.6. The lowest BCUT2D eigenvalue weighted by molar-refractivity contribution is -0.144. The average molecular weight is 336 g/mol. The number of aromatic amines is 1. The number of aromatic nitrogens is 2. The maximum Gasteiger partial charge on any atom is 0.242 e. The Labute approximate surface area is 143 Å². The molecule has 7 nitrogen and oxygen atoms in total. The van der Waals surface area contributed by atoms with Crippen LogP contribution in [0.15, 0.2) is 6.07 Å². The average Bonchev–Trinajstić information content (AvgIpc) is 3.14. The van der Waals surface area contributed by atoms with Crippen molar-refractivity contribution < 1.29 is 14.6 Å². The molecule has 1 amide bonds. The Morgan fingerprint density at radius 1 is 1.42 bits per heavy atom. The van der Waals surface area contributed by atoms with Crippen molar-refractivity contribution in [1.29, 1.82) is 0 Å². The van der Waals surface area contributed by atoms with Crippen LogP contribution in [-0.4, -0.2) is 82.0 Å². The molecule has 0 unspecified atom stereocenters. The third kappa shape index (κ3) is 3.48. The summed E-state index contributed by atoms with van der Waals surface area (Å²) < 4.78 is 5.39. The van der Waals surface area contributed by atoms with Gasteiger partial charge in [0.2, 0.25) is 5.91 Å². The fourth-order valence-electron chi connectivity index (χ4n) is 3.71. The Morgan fingerprint density at radius 3 is 2.75 bits per heavy atom. The Balaban J connectivity index is 1.63. The highest BCUT2D eigenvalue weighted by molar-refractivity contribution is 5.85. The van der Waals surface area contributed by atoms with Crippen LogP contribution in [0, 0.1) is 12.8 Å². The van der Waals surface area contributed by atoms with Crippen molar-refractivity contribution >= 4 is 5.91 Å². The molecule has 2 fully saturated rings. The molecule has 0 saturated carbocycles. The zero-order valence-corrected chi connectivity index (χ0v) is 14.8. The van der Waals surface area contributed by atoms with Gasteiger partial charge in [0.05, 0.1) is 30.6 Å². The number of carbonyl (C=O) groups excluding carboxylic acids is 1. The molecular weight excluding hydrogens is 308 g/mol. The molecule has 1 aromatic rings. The van der Waals surface area contributed by atoms with E-state index in [1.165, 1.54) is 0 Å². The number of amides is 1. The maximum absolute atomic E-state index is 13.0. The van der Waals surface area contributed by atoms with Gasteiger partial charge in [0.15, 0.2) is 0 Å². The lowest BCUT2D eigenvalue weighted by Gasteiger charge is -2.41. The Bertz CT molecular complexity index is 580. The van der Waals surface area contributed by atoms with Gasteiger partial charge in [0.25, 0.3) is 0 Å². The van der Waals surface area contributed by atoms with Crippen molar-refractivity contribution in [3.8, 4) is 0 Å². The molecule has 2 saturated heterocycles. The first kappa shape index (κ1) is 17.4. The number of ether oxygens (including phenoxy) is 1. The SMILES string of the molecule is Cc1cc(C[C@@H]2CN(C(=O)C(C)(C)N3CCOCC3)C[C@H]2O)n[nH]1. The van der Waals surface area contributed by atoms with Crippen LogP contribution in [0.2, 0.25) is 0 Å². The number of H-pyrrole nitrogens is 1. The van der Waals surface area contributed by atoms with Crippen molar-refractivity contribution in [1.82, 2.24) is 20.0 Å². The number of morpholine rings is 1. The second-order valence-corrected chi connectivity index (χ2v) is 7.44. The van der Waals surface area contributed by atoms with Gasteiger partial charge in [-0.1, -0.05) is 0 Å². The van der Waals surface area contributed by atoms with Gasteiger partial charge < -0.3 is 14.7 Å². The number of nitrogens with zero attached hydrogens (tertiary/aromatic N) is 3. The highest BCUT2D eigenvalue weighted by Gasteiger charge is 2.43. The van der Waals surface area contributed by atoms with E-state index in [0.29, 0.717) is 32.7 Å². The third-order valence-electron chi connectivity index (χ3n) is 5.25. The smallest absolute Gasteiger partial charge is 0.242 e. The van der Waals surface area contributed by atoms with E-state index >= 15 is 0 Å². The van der Waals surface area contributed by atoms with Gasteiger partial charge in [-0.15, -0.1) is 0 Å². The highest BCUT2D eigenvalue weighted by atomic mass is 16.5. The molecule has 2 N–H and O–H groups in total. The zero-order chi connectivity index (χ0) is 17.3. The van der Waals surface area contributed by atoms with Crippen LogP contribution < -0.4 is 0 Å². The van der Waals surface area contributed by atoms with E-state index in [4.69, 9.17) is 4.74 Å². The van der Waals surface area contributed by atoms with E-state index in [1.54, 1.807) is 0 Å². The Hall–Kier alpha value is -1.44. The lowest BCUT2D eigenvalue weighted by atomic mass is 9.99. The minimum absolute atomic E-state index is 0.0390. The molecule has 0 bridgehead atoms. The first-order chi connectivity index (χ1) is 11.4. The molecule has 0 spiro atoms.